The number of carbonyl (C=O) groups is 1. The standard InChI is InChI=1S/C21H33N5O2/c22-20-23-16-17-7-15-28-21(19(17)24-20)8-13-26(14-9-21)18(27)6-5-12-25-10-3-1-2-4-11-25/h16H,1-15H2,(H2,22,23,24). The Morgan fingerprint density at radius 3 is 2.64 bits per heavy atom. The van der Waals surface area contributed by atoms with Crippen molar-refractivity contribution in [2.24, 2.45) is 0 Å². The van der Waals surface area contributed by atoms with Gasteiger partial charge in [0.2, 0.25) is 11.9 Å². The first-order chi connectivity index (χ1) is 13.7. The Morgan fingerprint density at radius 2 is 1.89 bits per heavy atom. The molecule has 28 heavy (non-hydrogen) atoms. The van der Waals surface area contributed by atoms with Gasteiger partial charge in [0.15, 0.2) is 0 Å². The van der Waals surface area contributed by atoms with Crippen LogP contribution in [-0.2, 0) is 21.6 Å². The van der Waals surface area contributed by atoms with Gasteiger partial charge in [-0.25, -0.2) is 9.97 Å². The maximum atomic E-state index is 12.7. The number of hydrogen-bond acceptors (Lipinski definition) is 6. The van der Waals surface area contributed by atoms with Gasteiger partial charge in [-0.3, -0.25) is 4.79 Å². The Balaban J connectivity index is 1.28. The molecule has 2 fully saturated rings. The van der Waals surface area contributed by atoms with E-state index in [0.717, 1.165) is 56.6 Å². The van der Waals surface area contributed by atoms with E-state index in [4.69, 9.17) is 10.5 Å². The fourth-order valence-corrected chi connectivity index (χ4v) is 4.89. The summed E-state index contributed by atoms with van der Waals surface area (Å²) in [5, 5.41) is 0. The predicted octanol–water partition coefficient (Wildman–Crippen LogP) is 2.11. The molecule has 0 aliphatic carbocycles. The molecule has 0 unspecified atom stereocenters. The molecule has 0 atom stereocenters. The number of anilines is 1. The van der Waals surface area contributed by atoms with Gasteiger partial charge >= 0.3 is 0 Å². The summed E-state index contributed by atoms with van der Waals surface area (Å²) in [5.74, 6) is 0.582. The van der Waals surface area contributed by atoms with Crippen molar-refractivity contribution in [2.45, 2.75) is 63.4 Å². The molecule has 0 saturated carbocycles. The molecule has 3 aliphatic heterocycles. The summed E-state index contributed by atoms with van der Waals surface area (Å²) >= 11 is 0. The fourth-order valence-electron chi connectivity index (χ4n) is 4.89. The molecule has 4 heterocycles. The van der Waals surface area contributed by atoms with E-state index in [-0.39, 0.29) is 5.91 Å². The topological polar surface area (TPSA) is 84.6 Å². The number of hydrogen-bond donors (Lipinski definition) is 1. The van der Waals surface area contributed by atoms with Crippen molar-refractivity contribution in [3.8, 4) is 0 Å². The Labute approximate surface area is 167 Å². The van der Waals surface area contributed by atoms with E-state index >= 15 is 0 Å². The first-order valence-electron chi connectivity index (χ1n) is 10.9. The summed E-state index contributed by atoms with van der Waals surface area (Å²) < 4.78 is 6.20. The van der Waals surface area contributed by atoms with E-state index in [1.807, 2.05) is 11.1 Å². The number of fused-ring (bicyclic) bond motifs is 2. The molecule has 1 aromatic heterocycles. The molecule has 0 aromatic carbocycles. The molecule has 3 aliphatic rings. The van der Waals surface area contributed by atoms with Crippen molar-refractivity contribution in [2.75, 3.05) is 45.1 Å². The number of likely N-dealkylation sites (tertiary alicyclic amines) is 2. The van der Waals surface area contributed by atoms with Crippen molar-refractivity contribution >= 4 is 11.9 Å². The van der Waals surface area contributed by atoms with Gasteiger partial charge in [-0.2, -0.15) is 0 Å². The lowest BCUT2D eigenvalue weighted by atomic mass is 9.83. The molecule has 1 amide bonds. The number of nitrogens with zero attached hydrogens (tertiary/aromatic N) is 4. The summed E-state index contributed by atoms with van der Waals surface area (Å²) in [5.41, 5.74) is 7.51. The number of amides is 1. The maximum Gasteiger partial charge on any atom is 0.222 e. The lowest BCUT2D eigenvalue weighted by Crippen LogP contribution is -2.49. The number of aromatic nitrogens is 2. The first-order valence-corrected chi connectivity index (χ1v) is 10.9. The number of nitrogens with two attached hydrogens (primary N) is 1. The van der Waals surface area contributed by atoms with Crippen LogP contribution >= 0.6 is 0 Å². The SMILES string of the molecule is Nc1ncc2c(n1)C1(CCN(C(=O)CCCN3CCCCCC3)CC1)OCC2. The molecule has 7 heteroatoms. The fraction of sp³-hybridized carbons (Fsp3) is 0.762. The van der Waals surface area contributed by atoms with Crippen molar-refractivity contribution < 1.29 is 9.53 Å². The second-order valence-corrected chi connectivity index (χ2v) is 8.43. The third-order valence-electron chi connectivity index (χ3n) is 6.55. The molecule has 7 nitrogen and oxygen atoms in total. The van der Waals surface area contributed by atoms with Gasteiger partial charge in [-0.15, -0.1) is 0 Å². The van der Waals surface area contributed by atoms with Crippen LogP contribution in [0.1, 0.15) is 62.6 Å². The van der Waals surface area contributed by atoms with Gasteiger partial charge < -0.3 is 20.3 Å². The summed E-state index contributed by atoms with van der Waals surface area (Å²) in [6.07, 6.45) is 11.2. The van der Waals surface area contributed by atoms with Crippen LogP contribution in [0.3, 0.4) is 0 Å². The zero-order valence-electron chi connectivity index (χ0n) is 16.9. The van der Waals surface area contributed by atoms with Crippen molar-refractivity contribution in [3.05, 3.63) is 17.5 Å². The molecule has 0 bridgehead atoms. The quantitative estimate of drug-likeness (QED) is 0.852. The molecule has 1 aromatic rings. The summed E-state index contributed by atoms with van der Waals surface area (Å²) in [6.45, 7) is 5.59. The minimum absolute atomic E-state index is 0.280. The van der Waals surface area contributed by atoms with Gasteiger partial charge in [0.25, 0.3) is 0 Å². The lowest BCUT2D eigenvalue weighted by Gasteiger charge is -2.44. The van der Waals surface area contributed by atoms with Gasteiger partial charge in [0, 0.05) is 25.7 Å². The van der Waals surface area contributed by atoms with Crippen LogP contribution in [0.25, 0.3) is 0 Å². The Morgan fingerprint density at radius 1 is 1.14 bits per heavy atom. The van der Waals surface area contributed by atoms with Gasteiger partial charge in [-0.05, 0) is 63.7 Å². The lowest BCUT2D eigenvalue weighted by molar-refractivity contribution is -0.141. The molecule has 2 N–H and O–H groups in total. The largest absolute Gasteiger partial charge is 0.368 e. The molecule has 2 saturated heterocycles. The van der Waals surface area contributed by atoms with Crippen molar-refractivity contribution in [1.82, 2.24) is 19.8 Å². The van der Waals surface area contributed by atoms with Crippen LogP contribution in [0.4, 0.5) is 5.95 Å². The summed E-state index contributed by atoms with van der Waals surface area (Å²) in [6, 6.07) is 0. The predicted molar refractivity (Wildman–Crippen MR) is 108 cm³/mol. The van der Waals surface area contributed by atoms with E-state index < -0.39 is 5.60 Å². The smallest absolute Gasteiger partial charge is 0.222 e. The van der Waals surface area contributed by atoms with E-state index in [2.05, 4.69) is 14.9 Å². The number of rotatable bonds is 4. The minimum Gasteiger partial charge on any atom is -0.368 e. The average molecular weight is 388 g/mol. The van der Waals surface area contributed by atoms with Gasteiger partial charge in [0.1, 0.15) is 5.60 Å². The molecule has 154 valence electrons. The minimum atomic E-state index is -0.395. The normalized spacial score (nSPS) is 22.6. The zero-order chi connectivity index (χ0) is 19.4. The van der Waals surface area contributed by atoms with E-state index in [9.17, 15) is 4.79 Å². The van der Waals surface area contributed by atoms with E-state index in [1.54, 1.807) is 0 Å². The molecule has 4 rings (SSSR count). The third-order valence-corrected chi connectivity index (χ3v) is 6.55. The van der Waals surface area contributed by atoms with Crippen LogP contribution < -0.4 is 5.73 Å². The Bertz CT molecular complexity index is 679. The van der Waals surface area contributed by atoms with Crippen LogP contribution in [0, 0.1) is 0 Å². The Hall–Kier alpha value is -1.73. The third kappa shape index (κ3) is 4.30. The average Bonchev–Trinajstić information content (AvgIpc) is 2.98. The zero-order valence-corrected chi connectivity index (χ0v) is 16.9. The first kappa shape index (κ1) is 19.6. The van der Waals surface area contributed by atoms with Crippen LogP contribution in [0.2, 0.25) is 0 Å². The highest BCUT2D eigenvalue weighted by Gasteiger charge is 2.43. The highest BCUT2D eigenvalue weighted by Crippen LogP contribution is 2.40. The second-order valence-electron chi connectivity index (χ2n) is 8.43. The van der Waals surface area contributed by atoms with Gasteiger partial charge in [0.05, 0.1) is 12.3 Å². The van der Waals surface area contributed by atoms with E-state index in [0.29, 0.717) is 19.0 Å². The number of nitrogen functional groups attached to an aromatic ring is 1. The van der Waals surface area contributed by atoms with Crippen LogP contribution in [-0.4, -0.2) is 65.0 Å². The molecular weight excluding hydrogens is 354 g/mol. The van der Waals surface area contributed by atoms with Crippen molar-refractivity contribution in [3.63, 3.8) is 0 Å². The molecule has 0 radical (unpaired) electrons. The summed E-state index contributed by atoms with van der Waals surface area (Å²) in [4.78, 5) is 25.9. The van der Waals surface area contributed by atoms with Gasteiger partial charge in [-0.1, -0.05) is 12.8 Å². The van der Waals surface area contributed by atoms with Crippen LogP contribution in [0.15, 0.2) is 6.20 Å². The number of piperidine rings is 1. The van der Waals surface area contributed by atoms with Crippen LogP contribution in [0.5, 0.6) is 0 Å². The maximum absolute atomic E-state index is 12.7. The Kier molecular flexibility index (Phi) is 6.11. The highest BCUT2D eigenvalue weighted by atomic mass is 16.5. The second kappa shape index (κ2) is 8.74. The number of ether oxygens (including phenoxy) is 1. The van der Waals surface area contributed by atoms with Crippen molar-refractivity contribution in [1.29, 1.82) is 0 Å². The highest BCUT2D eigenvalue weighted by molar-refractivity contribution is 5.76. The monoisotopic (exact) mass is 387 g/mol. The summed E-state index contributed by atoms with van der Waals surface area (Å²) in [7, 11) is 0. The van der Waals surface area contributed by atoms with E-state index in [1.165, 1.54) is 38.8 Å². The molecular formula is C21H33N5O2. The number of carbonyl (C=O) groups excluding carboxylic acids is 1. The molecule has 1 spiro atoms.